The van der Waals surface area contributed by atoms with Gasteiger partial charge in [0.25, 0.3) is 0 Å². The number of nitrogens with one attached hydrogen (secondary N) is 1. The molecule has 6 nitrogen and oxygen atoms in total. The predicted molar refractivity (Wildman–Crippen MR) is 134 cm³/mol. The summed E-state index contributed by atoms with van der Waals surface area (Å²) >= 11 is 0. The van der Waals surface area contributed by atoms with Gasteiger partial charge >= 0.3 is 0 Å². The molecule has 1 amide bonds. The number of para-hydroxylation sites is 1. The van der Waals surface area contributed by atoms with Gasteiger partial charge in [0.2, 0.25) is 5.91 Å². The minimum absolute atomic E-state index is 0.0203. The third-order valence-corrected chi connectivity index (χ3v) is 6.01. The molecule has 1 fully saturated rings. The SMILES string of the molecule is O=C(Nc1ccc(Oc2ccccc2)cc1)C1CCN(c2ccc(-c3ccccc3)nn2)CC1. The first-order valence-electron chi connectivity index (χ1n) is 11.5. The molecule has 1 aliphatic rings. The molecule has 5 rings (SSSR count). The second kappa shape index (κ2) is 10.2. The zero-order valence-corrected chi connectivity index (χ0v) is 18.8. The molecule has 170 valence electrons. The minimum Gasteiger partial charge on any atom is -0.457 e. The predicted octanol–water partition coefficient (Wildman–Crippen LogP) is 5.79. The first kappa shape index (κ1) is 21.6. The van der Waals surface area contributed by atoms with Gasteiger partial charge in [-0.3, -0.25) is 4.79 Å². The summed E-state index contributed by atoms with van der Waals surface area (Å²) in [6.45, 7) is 1.56. The summed E-state index contributed by atoms with van der Waals surface area (Å²) in [5, 5.41) is 11.8. The first-order chi connectivity index (χ1) is 16.7. The molecule has 0 bridgehead atoms. The Bertz CT molecular complexity index is 1210. The molecule has 2 heterocycles. The van der Waals surface area contributed by atoms with E-state index >= 15 is 0 Å². The summed E-state index contributed by atoms with van der Waals surface area (Å²) in [6, 6.07) is 31.1. The standard InChI is InChI=1S/C28H26N4O2/c33-28(29-23-11-13-25(14-12-23)34-24-9-5-2-6-10-24)22-17-19-32(20-18-22)27-16-15-26(30-31-27)21-7-3-1-4-8-21/h1-16,22H,17-20H2,(H,29,33). The van der Waals surface area contributed by atoms with E-state index < -0.39 is 0 Å². The van der Waals surface area contributed by atoms with Gasteiger partial charge in [0.05, 0.1) is 5.69 Å². The van der Waals surface area contributed by atoms with E-state index in [2.05, 4.69) is 20.4 Å². The van der Waals surface area contributed by atoms with E-state index in [0.29, 0.717) is 0 Å². The van der Waals surface area contributed by atoms with Crippen LogP contribution in [0.1, 0.15) is 12.8 Å². The van der Waals surface area contributed by atoms with E-state index in [1.807, 2.05) is 97.1 Å². The quantitative estimate of drug-likeness (QED) is 0.403. The van der Waals surface area contributed by atoms with Gasteiger partial charge in [-0.25, -0.2) is 0 Å². The molecule has 1 aliphatic heterocycles. The summed E-state index contributed by atoms with van der Waals surface area (Å²) in [4.78, 5) is 15.0. The summed E-state index contributed by atoms with van der Waals surface area (Å²) < 4.78 is 5.81. The lowest BCUT2D eigenvalue weighted by molar-refractivity contribution is -0.120. The van der Waals surface area contributed by atoms with E-state index in [-0.39, 0.29) is 11.8 Å². The highest BCUT2D eigenvalue weighted by Gasteiger charge is 2.26. The Morgan fingerprint density at radius 2 is 1.41 bits per heavy atom. The number of carbonyl (C=O) groups is 1. The zero-order chi connectivity index (χ0) is 23.2. The Labute approximate surface area is 199 Å². The Morgan fingerprint density at radius 1 is 0.765 bits per heavy atom. The normalized spacial score (nSPS) is 13.9. The number of nitrogens with zero attached hydrogens (tertiary/aromatic N) is 3. The highest BCUT2D eigenvalue weighted by atomic mass is 16.5. The van der Waals surface area contributed by atoms with Gasteiger partial charge in [0, 0.05) is 30.3 Å². The molecule has 4 aromatic rings. The van der Waals surface area contributed by atoms with Gasteiger partial charge in [0.1, 0.15) is 11.5 Å². The van der Waals surface area contributed by atoms with Crippen LogP contribution in [0, 0.1) is 5.92 Å². The van der Waals surface area contributed by atoms with Crippen molar-refractivity contribution in [3.05, 3.63) is 97.1 Å². The fourth-order valence-electron chi connectivity index (χ4n) is 4.10. The summed E-state index contributed by atoms with van der Waals surface area (Å²) in [5.41, 5.74) is 2.69. The number of anilines is 2. The van der Waals surface area contributed by atoms with Crippen LogP contribution in [0.2, 0.25) is 0 Å². The van der Waals surface area contributed by atoms with Gasteiger partial charge < -0.3 is 15.0 Å². The topological polar surface area (TPSA) is 67.3 Å². The van der Waals surface area contributed by atoms with Crippen molar-refractivity contribution in [1.82, 2.24) is 10.2 Å². The maximum atomic E-state index is 12.8. The molecule has 0 saturated carbocycles. The molecule has 1 aromatic heterocycles. The maximum absolute atomic E-state index is 12.8. The van der Waals surface area contributed by atoms with Crippen molar-refractivity contribution in [2.45, 2.75) is 12.8 Å². The van der Waals surface area contributed by atoms with Gasteiger partial charge in [-0.15, -0.1) is 10.2 Å². The molecule has 34 heavy (non-hydrogen) atoms. The molecule has 1 N–H and O–H groups in total. The summed E-state index contributed by atoms with van der Waals surface area (Å²) in [7, 11) is 0. The van der Waals surface area contributed by atoms with Crippen molar-refractivity contribution in [1.29, 1.82) is 0 Å². The number of piperidine rings is 1. The van der Waals surface area contributed by atoms with E-state index in [1.54, 1.807) is 0 Å². The van der Waals surface area contributed by atoms with E-state index in [9.17, 15) is 4.79 Å². The van der Waals surface area contributed by atoms with Gasteiger partial charge in [-0.05, 0) is 61.4 Å². The van der Waals surface area contributed by atoms with Crippen LogP contribution in [0.3, 0.4) is 0 Å². The zero-order valence-electron chi connectivity index (χ0n) is 18.8. The smallest absolute Gasteiger partial charge is 0.227 e. The summed E-state index contributed by atoms with van der Waals surface area (Å²) in [5.74, 6) is 2.41. The molecule has 0 unspecified atom stereocenters. The van der Waals surface area contributed by atoms with Crippen molar-refractivity contribution in [2.24, 2.45) is 5.92 Å². The number of carbonyl (C=O) groups excluding carboxylic acids is 1. The molecule has 6 heteroatoms. The number of hydrogen-bond acceptors (Lipinski definition) is 5. The monoisotopic (exact) mass is 450 g/mol. The Morgan fingerprint density at radius 3 is 2.06 bits per heavy atom. The third-order valence-electron chi connectivity index (χ3n) is 6.01. The lowest BCUT2D eigenvalue weighted by Crippen LogP contribution is -2.38. The Hall–Kier alpha value is -4.19. The van der Waals surface area contributed by atoms with Crippen LogP contribution in [-0.2, 0) is 4.79 Å². The van der Waals surface area contributed by atoms with Crippen LogP contribution < -0.4 is 15.0 Å². The van der Waals surface area contributed by atoms with Crippen molar-refractivity contribution < 1.29 is 9.53 Å². The average molecular weight is 451 g/mol. The van der Waals surface area contributed by atoms with Crippen molar-refractivity contribution in [3.8, 4) is 22.8 Å². The number of aromatic nitrogens is 2. The second-order valence-electron chi connectivity index (χ2n) is 8.33. The number of benzene rings is 3. The van der Waals surface area contributed by atoms with Crippen molar-refractivity contribution >= 4 is 17.4 Å². The molecule has 3 aromatic carbocycles. The van der Waals surface area contributed by atoms with Crippen molar-refractivity contribution in [2.75, 3.05) is 23.3 Å². The van der Waals surface area contributed by atoms with E-state index in [0.717, 1.165) is 60.2 Å². The fourth-order valence-corrected chi connectivity index (χ4v) is 4.10. The maximum Gasteiger partial charge on any atom is 0.227 e. The lowest BCUT2D eigenvalue weighted by atomic mass is 9.95. The minimum atomic E-state index is -0.0203. The summed E-state index contributed by atoms with van der Waals surface area (Å²) in [6.07, 6.45) is 1.56. The molecule has 1 saturated heterocycles. The van der Waals surface area contributed by atoms with Crippen LogP contribution >= 0.6 is 0 Å². The molecule has 0 aliphatic carbocycles. The van der Waals surface area contributed by atoms with Crippen LogP contribution in [0.25, 0.3) is 11.3 Å². The molecule has 0 radical (unpaired) electrons. The third kappa shape index (κ3) is 5.23. The van der Waals surface area contributed by atoms with Gasteiger partial charge in [-0.2, -0.15) is 0 Å². The number of rotatable bonds is 6. The number of ether oxygens (including phenoxy) is 1. The van der Waals surface area contributed by atoms with Gasteiger partial charge in [0.15, 0.2) is 5.82 Å². The molecular formula is C28H26N4O2. The fraction of sp³-hybridized carbons (Fsp3) is 0.179. The van der Waals surface area contributed by atoms with Crippen LogP contribution in [0.15, 0.2) is 97.1 Å². The van der Waals surface area contributed by atoms with E-state index in [4.69, 9.17) is 4.74 Å². The van der Waals surface area contributed by atoms with Crippen LogP contribution in [0.5, 0.6) is 11.5 Å². The van der Waals surface area contributed by atoms with Crippen LogP contribution in [-0.4, -0.2) is 29.2 Å². The molecule has 0 spiro atoms. The van der Waals surface area contributed by atoms with Crippen LogP contribution in [0.4, 0.5) is 11.5 Å². The number of hydrogen-bond donors (Lipinski definition) is 1. The highest BCUT2D eigenvalue weighted by molar-refractivity contribution is 5.92. The average Bonchev–Trinajstić information content (AvgIpc) is 2.91. The molecular weight excluding hydrogens is 424 g/mol. The largest absolute Gasteiger partial charge is 0.457 e. The van der Waals surface area contributed by atoms with Gasteiger partial charge in [-0.1, -0.05) is 48.5 Å². The molecule has 0 atom stereocenters. The number of amides is 1. The van der Waals surface area contributed by atoms with E-state index in [1.165, 1.54) is 0 Å². The lowest BCUT2D eigenvalue weighted by Gasteiger charge is -2.31. The first-order valence-corrected chi connectivity index (χ1v) is 11.5. The second-order valence-corrected chi connectivity index (χ2v) is 8.33. The Balaban J connectivity index is 1.12. The highest BCUT2D eigenvalue weighted by Crippen LogP contribution is 2.26. The van der Waals surface area contributed by atoms with Crippen molar-refractivity contribution in [3.63, 3.8) is 0 Å². The Kier molecular flexibility index (Phi) is 6.47.